The average Bonchev–Trinajstić information content (AvgIpc) is 2.82. The Morgan fingerprint density at radius 2 is 1.93 bits per heavy atom. The third-order valence-electron chi connectivity index (χ3n) is 5.84. The molecule has 5 heteroatoms. The van der Waals surface area contributed by atoms with E-state index < -0.39 is 0 Å². The molecule has 1 heterocycles. The second-order valence-corrected chi connectivity index (χ2v) is 7.75. The molecule has 5 nitrogen and oxygen atoms in total. The van der Waals surface area contributed by atoms with Gasteiger partial charge in [0, 0.05) is 37.4 Å². The Hall–Kier alpha value is -2.89. The molecule has 1 unspecified atom stereocenters. The maximum absolute atomic E-state index is 12.0. The van der Waals surface area contributed by atoms with Crippen molar-refractivity contribution in [3.8, 4) is 0 Å². The lowest BCUT2D eigenvalue weighted by molar-refractivity contribution is 0.0930. The first-order valence-electron chi connectivity index (χ1n) is 10.5. The number of fused-ring (bicyclic) bond motifs is 1. The fourth-order valence-electron chi connectivity index (χ4n) is 4.18. The van der Waals surface area contributed by atoms with E-state index in [2.05, 4.69) is 71.0 Å². The summed E-state index contributed by atoms with van der Waals surface area (Å²) in [5.41, 5.74) is 3.04. The van der Waals surface area contributed by atoms with Crippen LogP contribution in [0.25, 0.3) is 10.8 Å². The molecule has 1 saturated heterocycles. The number of nitrogens with zero attached hydrogens (tertiary/aromatic N) is 1. The molecule has 4 rings (SSSR count). The highest BCUT2D eigenvalue weighted by molar-refractivity contribution is 5.95. The van der Waals surface area contributed by atoms with Crippen molar-refractivity contribution in [2.45, 2.75) is 19.0 Å². The number of morpholine rings is 1. The van der Waals surface area contributed by atoms with E-state index >= 15 is 0 Å². The normalized spacial score (nSPS) is 17.7. The zero-order chi connectivity index (χ0) is 20.9. The summed E-state index contributed by atoms with van der Waals surface area (Å²) >= 11 is 0. The number of nitrogens with one attached hydrogen (secondary N) is 2. The number of carbonyl (C=O) groups excluding carboxylic acids is 1. The van der Waals surface area contributed by atoms with Gasteiger partial charge in [-0.05, 0) is 41.5 Å². The lowest BCUT2D eigenvalue weighted by Gasteiger charge is -2.38. The van der Waals surface area contributed by atoms with Crippen LogP contribution in [0.15, 0.2) is 66.7 Å². The van der Waals surface area contributed by atoms with Crippen LogP contribution in [0.1, 0.15) is 28.9 Å². The number of benzene rings is 3. The van der Waals surface area contributed by atoms with Crippen molar-refractivity contribution in [2.75, 3.05) is 38.3 Å². The number of ether oxygens (including phenoxy) is 1. The van der Waals surface area contributed by atoms with Gasteiger partial charge >= 0.3 is 0 Å². The zero-order valence-electron chi connectivity index (χ0n) is 17.6. The van der Waals surface area contributed by atoms with Crippen LogP contribution >= 0.6 is 0 Å². The van der Waals surface area contributed by atoms with E-state index in [9.17, 15) is 4.79 Å². The number of carbonyl (C=O) groups is 1. The van der Waals surface area contributed by atoms with Gasteiger partial charge in [0.2, 0.25) is 0 Å². The second kappa shape index (κ2) is 9.28. The first-order chi connectivity index (χ1) is 14.7. The quantitative estimate of drug-likeness (QED) is 0.658. The Balaban J connectivity index is 1.49. The minimum absolute atomic E-state index is 0.0654. The monoisotopic (exact) mass is 403 g/mol. The van der Waals surface area contributed by atoms with Crippen molar-refractivity contribution in [1.29, 1.82) is 0 Å². The Morgan fingerprint density at radius 3 is 2.80 bits per heavy atom. The van der Waals surface area contributed by atoms with Crippen LogP contribution < -0.4 is 15.5 Å². The smallest absolute Gasteiger partial charge is 0.251 e. The molecule has 0 spiro atoms. The first-order valence-corrected chi connectivity index (χ1v) is 10.5. The molecule has 0 radical (unpaired) electrons. The van der Waals surface area contributed by atoms with Gasteiger partial charge in [0.05, 0.1) is 19.3 Å². The maximum Gasteiger partial charge on any atom is 0.251 e. The molecule has 2 N–H and O–H groups in total. The lowest BCUT2D eigenvalue weighted by Crippen LogP contribution is -2.51. The van der Waals surface area contributed by atoms with E-state index in [0.717, 1.165) is 18.8 Å². The highest BCUT2D eigenvalue weighted by Crippen LogP contribution is 2.25. The van der Waals surface area contributed by atoms with E-state index in [4.69, 9.17) is 4.74 Å². The van der Waals surface area contributed by atoms with Crippen molar-refractivity contribution in [1.82, 2.24) is 10.6 Å². The molecule has 1 amide bonds. The van der Waals surface area contributed by atoms with E-state index in [1.807, 2.05) is 18.2 Å². The number of amides is 1. The molecule has 3 aromatic rings. The van der Waals surface area contributed by atoms with Crippen LogP contribution in [0.4, 0.5) is 5.69 Å². The van der Waals surface area contributed by atoms with Crippen LogP contribution in [-0.4, -0.2) is 45.3 Å². The molecule has 2 atom stereocenters. The van der Waals surface area contributed by atoms with Gasteiger partial charge < -0.3 is 20.3 Å². The maximum atomic E-state index is 12.0. The largest absolute Gasteiger partial charge is 0.377 e. The standard InChI is InChI=1S/C25H29N3O2/c1-18(23-12-6-8-19-7-3-4-11-24(19)23)27-16-22-17-30-14-13-28(22)21-10-5-9-20(15-21)25(29)26-2/h3-12,15,18,22,27H,13-14,16-17H2,1-2H3,(H,26,29)/t18-,22?/m1/s1. The summed E-state index contributed by atoms with van der Waals surface area (Å²) in [6.07, 6.45) is 0. The lowest BCUT2D eigenvalue weighted by atomic mass is 9.99. The van der Waals surface area contributed by atoms with E-state index in [-0.39, 0.29) is 18.0 Å². The highest BCUT2D eigenvalue weighted by atomic mass is 16.5. The van der Waals surface area contributed by atoms with Crippen LogP contribution in [-0.2, 0) is 4.74 Å². The molecule has 1 aliphatic rings. The fraction of sp³-hybridized carbons (Fsp3) is 0.320. The van der Waals surface area contributed by atoms with Crippen LogP contribution in [0.3, 0.4) is 0 Å². The molecular weight excluding hydrogens is 374 g/mol. The average molecular weight is 404 g/mol. The third kappa shape index (κ3) is 4.32. The predicted octanol–water partition coefficient (Wildman–Crippen LogP) is 3.76. The summed E-state index contributed by atoms with van der Waals surface area (Å²) in [6.45, 7) is 5.18. The van der Waals surface area contributed by atoms with Gasteiger partial charge in [0.1, 0.15) is 0 Å². The van der Waals surface area contributed by atoms with Crippen molar-refractivity contribution >= 4 is 22.4 Å². The summed E-state index contributed by atoms with van der Waals surface area (Å²) < 4.78 is 5.78. The number of hydrogen-bond donors (Lipinski definition) is 2. The van der Waals surface area contributed by atoms with Crippen LogP contribution in [0.2, 0.25) is 0 Å². The topological polar surface area (TPSA) is 53.6 Å². The molecule has 3 aromatic carbocycles. The molecule has 30 heavy (non-hydrogen) atoms. The first kappa shape index (κ1) is 20.4. The summed E-state index contributed by atoms with van der Waals surface area (Å²) in [7, 11) is 1.66. The summed E-state index contributed by atoms with van der Waals surface area (Å²) in [6, 6.07) is 23.2. The van der Waals surface area contributed by atoms with Crippen molar-refractivity contribution in [3.05, 3.63) is 77.9 Å². The fourth-order valence-corrected chi connectivity index (χ4v) is 4.18. The Bertz CT molecular complexity index is 1010. The van der Waals surface area contributed by atoms with Gasteiger partial charge in [-0.2, -0.15) is 0 Å². The van der Waals surface area contributed by atoms with Gasteiger partial charge in [-0.1, -0.05) is 48.5 Å². The predicted molar refractivity (Wildman–Crippen MR) is 122 cm³/mol. The Kier molecular flexibility index (Phi) is 6.31. The number of anilines is 1. The van der Waals surface area contributed by atoms with Crippen molar-refractivity contribution < 1.29 is 9.53 Å². The molecule has 0 aromatic heterocycles. The SMILES string of the molecule is CNC(=O)c1cccc(N2CCOCC2CN[C@H](C)c2cccc3ccccc23)c1. The van der Waals surface area contributed by atoms with Crippen LogP contribution in [0, 0.1) is 0 Å². The van der Waals surface area contributed by atoms with Crippen molar-refractivity contribution in [2.24, 2.45) is 0 Å². The molecule has 1 fully saturated rings. The molecule has 1 aliphatic heterocycles. The van der Waals surface area contributed by atoms with Gasteiger partial charge in [-0.25, -0.2) is 0 Å². The van der Waals surface area contributed by atoms with Crippen molar-refractivity contribution in [3.63, 3.8) is 0 Å². The Labute approximate surface area is 178 Å². The highest BCUT2D eigenvalue weighted by Gasteiger charge is 2.24. The van der Waals surface area contributed by atoms with Gasteiger partial charge in [-0.3, -0.25) is 4.79 Å². The number of rotatable bonds is 6. The second-order valence-electron chi connectivity index (χ2n) is 7.75. The zero-order valence-corrected chi connectivity index (χ0v) is 17.6. The van der Waals surface area contributed by atoms with Gasteiger partial charge in [0.25, 0.3) is 5.91 Å². The van der Waals surface area contributed by atoms with Gasteiger partial charge in [0.15, 0.2) is 0 Å². The van der Waals surface area contributed by atoms with Gasteiger partial charge in [-0.15, -0.1) is 0 Å². The Morgan fingerprint density at radius 1 is 1.13 bits per heavy atom. The van der Waals surface area contributed by atoms with Crippen LogP contribution in [0.5, 0.6) is 0 Å². The van der Waals surface area contributed by atoms with E-state index in [1.165, 1.54) is 16.3 Å². The van der Waals surface area contributed by atoms with E-state index in [1.54, 1.807) is 7.05 Å². The minimum Gasteiger partial charge on any atom is -0.377 e. The summed E-state index contributed by atoms with van der Waals surface area (Å²) in [5.74, 6) is -0.0654. The molecular formula is C25H29N3O2. The molecule has 0 saturated carbocycles. The minimum atomic E-state index is -0.0654. The third-order valence-corrected chi connectivity index (χ3v) is 5.84. The molecule has 0 bridgehead atoms. The molecule has 156 valence electrons. The summed E-state index contributed by atoms with van der Waals surface area (Å²) in [4.78, 5) is 14.4. The van der Waals surface area contributed by atoms with E-state index in [0.29, 0.717) is 18.8 Å². The molecule has 0 aliphatic carbocycles. The number of hydrogen-bond acceptors (Lipinski definition) is 4. The summed E-state index contributed by atoms with van der Waals surface area (Å²) in [5, 5.41) is 8.96.